The van der Waals surface area contributed by atoms with Gasteiger partial charge in [-0.05, 0) is 20.8 Å². The van der Waals surface area contributed by atoms with E-state index in [0.717, 1.165) is 12.8 Å². The Morgan fingerprint density at radius 2 is 2.05 bits per heavy atom. The molecule has 1 aliphatic rings. The molecule has 21 heavy (non-hydrogen) atoms. The van der Waals surface area contributed by atoms with Gasteiger partial charge in [-0.25, -0.2) is 10.8 Å². The Labute approximate surface area is 125 Å². The normalized spacial score (nSPS) is 25.6. The molecule has 2 rings (SSSR count). The van der Waals surface area contributed by atoms with Crippen LogP contribution in [0.2, 0.25) is 0 Å². The van der Waals surface area contributed by atoms with Gasteiger partial charge in [0, 0.05) is 25.5 Å². The molecule has 0 saturated carbocycles. The summed E-state index contributed by atoms with van der Waals surface area (Å²) in [5.74, 6) is 7.02. The van der Waals surface area contributed by atoms with Gasteiger partial charge in [0.2, 0.25) is 5.88 Å². The molecule has 2 heterocycles. The molecule has 2 atom stereocenters. The molecule has 7 nitrogen and oxygen atoms in total. The first kappa shape index (κ1) is 15.9. The van der Waals surface area contributed by atoms with Crippen LogP contribution in [-0.2, 0) is 16.1 Å². The van der Waals surface area contributed by atoms with E-state index < -0.39 is 0 Å². The third-order valence-corrected chi connectivity index (χ3v) is 3.27. The minimum atomic E-state index is 0.0872. The topological polar surface area (TPSA) is 91.5 Å². The highest BCUT2D eigenvalue weighted by atomic mass is 16.5. The van der Waals surface area contributed by atoms with Gasteiger partial charge in [-0.2, -0.15) is 4.98 Å². The summed E-state index contributed by atoms with van der Waals surface area (Å²) in [4.78, 5) is 8.60. The molecule has 0 spiro atoms. The van der Waals surface area contributed by atoms with Crippen LogP contribution in [0, 0.1) is 0 Å². The van der Waals surface area contributed by atoms with Crippen LogP contribution in [0.15, 0.2) is 6.07 Å². The molecule has 0 radical (unpaired) electrons. The lowest BCUT2D eigenvalue weighted by Crippen LogP contribution is -2.36. The molecule has 0 bridgehead atoms. The number of nitrogens with zero attached hydrogens (tertiary/aromatic N) is 2. The van der Waals surface area contributed by atoms with Gasteiger partial charge in [-0.1, -0.05) is 0 Å². The average molecular weight is 296 g/mol. The zero-order valence-electron chi connectivity index (χ0n) is 12.8. The van der Waals surface area contributed by atoms with Crippen LogP contribution in [0.3, 0.4) is 0 Å². The van der Waals surface area contributed by atoms with Crippen LogP contribution in [0.4, 0.5) is 5.82 Å². The number of hydrogen-bond acceptors (Lipinski definition) is 7. The Balaban J connectivity index is 2.07. The van der Waals surface area contributed by atoms with Gasteiger partial charge in [0.25, 0.3) is 0 Å². The van der Waals surface area contributed by atoms with E-state index in [9.17, 15) is 0 Å². The van der Waals surface area contributed by atoms with E-state index in [1.54, 1.807) is 6.07 Å². The van der Waals surface area contributed by atoms with E-state index in [0.29, 0.717) is 30.7 Å². The monoisotopic (exact) mass is 296 g/mol. The van der Waals surface area contributed by atoms with E-state index in [1.165, 1.54) is 0 Å². The van der Waals surface area contributed by atoms with Crippen LogP contribution >= 0.6 is 0 Å². The summed E-state index contributed by atoms with van der Waals surface area (Å²) in [6.07, 6.45) is 2.16. The van der Waals surface area contributed by atoms with Crippen LogP contribution in [0.1, 0.15) is 39.4 Å². The SMILES string of the molecule is CCOCc1nc(NN)cc(OC2CC(C)OC(C)C2)n1. The first-order valence-electron chi connectivity index (χ1n) is 7.35. The molecule has 1 aromatic heterocycles. The van der Waals surface area contributed by atoms with Gasteiger partial charge in [0.1, 0.15) is 18.5 Å². The number of rotatable bonds is 6. The van der Waals surface area contributed by atoms with Crippen molar-refractivity contribution in [3.63, 3.8) is 0 Å². The predicted octanol–water partition coefficient (Wildman–Crippen LogP) is 1.63. The lowest BCUT2D eigenvalue weighted by Gasteiger charge is -2.32. The lowest BCUT2D eigenvalue weighted by molar-refractivity contribution is -0.0730. The molecule has 7 heteroatoms. The Kier molecular flexibility index (Phi) is 5.72. The van der Waals surface area contributed by atoms with E-state index in [2.05, 4.69) is 29.2 Å². The van der Waals surface area contributed by atoms with Crippen molar-refractivity contribution >= 4 is 5.82 Å². The molecule has 2 unspecified atom stereocenters. The van der Waals surface area contributed by atoms with Crippen LogP contribution < -0.4 is 16.0 Å². The molecule has 1 saturated heterocycles. The molecule has 0 aromatic carbocycles. The summed E-state index contributed by atoms with van der Waals surface area (Å²) in [5, 5.41) is 0. The third-order valence-electron chi connectivity index (χ3n) is 3.27. The van der Waals surface area contributed by atoms with Crippen molar-refractivity contribution in [2.24, 2.45) is 5.84 Å². The quantitative estimate of drug-likeness (QED) is 0.609. The van der Waals surface area contributed by atoms with E-state index in [-0.39, 0.29) is 18.3 Å². The first-order chi connectivity index (χ1) is 10.1. The second kappa shape index (κ2) is 7.53. The fraction of sp³-hybridized carbons (Fsp3) is 0.714. The van der Waals surface area contributed by atoms with Crippen molar-refractivity contribution in [3.8, 4) is 5.88 Å². The summed E-state index contributed by atoms with van der Waals surface area (Å²) in [6.45, 7) is 6.98. The van der Waals surface area contributed by atoms with Gasteiger partial charge in [0.15, 0.2) is 5.82 Å². The summed E-state index contributed by atoms with van der Waals surface area (Å²) < 4.78 is 17.0. The molecular weight excluding hydrogens is 272 g/mol. The number of aromatic nitrogens is 2. The maximum Gasteiger partial charge on any atom is 0.219 e. The molecule has 1 aromatic rings. The van der Waals surface area contributed by atoms with Crippen LogP contribution in [0.25, 0.3) is 0 Å². The van der Waals surface area contributed by atoms with Gasteiger partial charge in [-0.15, -0.1) is 0 Å². The Bertz CT molecular complexity index is 448. The maximum atomic E-state index is 5.98. The predicted molar refractivity (Wildman–Crippen MR) is 78.8 cm³/mol. The summed E-state index contributed by atoms with van der Waals surface area (Å²) in [6, 6.07) is 1.69. The Morgan fingerprint density at radius 3 is 2.67 bits per heavy atom. The van der Waals surface area contributed by atoms with Crippen molar-refractivity contribution in [2.45, 2.75) is 58.5 Å². The Morgan fingerprint density at radius 1 is 1.33 bits per heavy atom. The molecular formula is C14H24N4O3. The standard InChI is InChI=1S/C14H24N4O3/c1-4-19-8-13-16-12(18-15)7-14(17-13)21-11-5-9(2)20-10(3)6-11/h7,9-11H,4-6,8,15H2,1-3H3,(H,16,17,18). The van der Waals surface area contributed by atoms with Gasteiger partial charge in [-0.3, -0.25) is 0 Å². The van der Waals surface area contributed by atoms with Crippen LogP contribution in [0.5, 0.6) is 5.88 Å². The van der Waals surface area contributed by atoms with E-state index in [1.807, 2.05) is 6.92 Å². The minimum Gasteiger partial charge on any atom is -0.474 e. The smallest absolute Gasteiger partial charge is 0.219 e. The molecule has 1 aliphatic heterocycles. The lowest BCUT2D eigenvalue weighted by atomic mass is 10.0. The van der Waals surface area contributed by atoms with Crippen molar-refractivity contribution in [1.29, 1.82) is 0 Å². The highest BCUT2D eigenvalue weighted by Crippen LogP contribution is 2.24. The highest BCUT2D eigenvalue weighted by molar-refractivity contribution is 5.37. The summed E-state index contributed by atoms with van der Waals surface area (Å²) in [7, 11) is 0. The van der Waals surface area contributed by atoms with Crippen LogP contribution in [-0.4, -0.2) is 34.9 Å². The number of anilines is 1. The average Bonchev–Trinajstić information content (AvgIpc) is 2.43. The van der Waals surface area contributed by atoms with Gasteiger partial charge < -0.3 is 19.6 Å². The summed E-state index contributed by atoms with van der Waals surface area (Å²) in [5.41, 5.74) is 2.53. The third kappa shape index (κ3) is 4.80. The molecule has 0 amide bonds. The molecule has 0 aliphatic carbocycles. The Hall–Kier alpha value is -1.44. The molecule has 1 fully saturated rings. The maximum absolute atomic E-state index is 5.98. The minimum absolute atomic E-state index is 0.0872. The van der Waals surface area contributed by atoms with Gasteiger partial charge >= 0.3 is 0 Å². The first-order valence-corrected chi connectivity index (χ1v) is 7.35. The largest absolute Gasteiger partial charge is 0.474 e. The number of nitrogen functional groups attached to an aromatic ring is 1. The second-order valence-corrected chi connectivity index (χ2v) is 5.26. The number of ether oxygens (including phenoxy) is 3. The highest BCUT2D eigenvalue weighted by Gasteiger charge is 2.26. The van der Waals surface area contributed by atoms with Crippen molar-refractivity contribution in [2.75, 3.05) is 12.0 Å². The van der Waals surface area contributed by atoms with Crippen molar-refractivity contribution in [1.82, 2.24) is 9.97 Å². The molecule has 118 valence electrons. The number of nitrogens with one attached hydrogen (secondary N) is 1. The number of hydrazine groups is 1. The van der Waals surface area contributed by atoms with Crippen molar-refractivity contribution < 1.29 is 14.2 Å². The zero-order chi connectivity index (χ0) is 15.2. The van der Waals surface area contributed by atoms with E-state index >= 15 is 0 Å². The number of nitrogens with two attached hydrogens (primary N) is 1. The van der Waals surface area contributed by atoms with Crippen molar-refractivity contribution in [3.05, 3.63) is 11.9 Å². The number of hydrogen-bond donors (Lipinski definition) is 2. The molecule has 3 N–H and O–H groups in total. The second-order valence-electron chi connectivity index (χ2n) is 5.26. The summed E-state index contributed by atoms with van der Waals surface area (Å²) >= 11 is 0. The van der Waals surface area contributed by atoms with Gasteiger partial charge in [0.05, 0.1) is 12.2 Å². The fourth-order valence-corrected chi connectivity index (χ4v) is 2.48. The zero-order valence-corrected chi connectivity index (χ0v) is 12.8. The fourth-order valence-electron chi connectivity index (χ4n) is 2.48. The van der Waals surface area contributed by atoms with E-state index in [4.69, 9.17) is 20.1 Å².